The van der Waals surface area contributed by atoms with Crippen molar-refractivity contribution in [2.45, 2.75) is 40.2 Å². The number of methoxy groups -OCH3 is 1. The number of aryl methyl sites for hydroxylation is 2. The lowest BCUT2D eigenvalue weighted by Crippen LogP contribution is -2.53. The van der Waals surface area contributed by atoms with Crippen LogP contribution < -0.4 is 15.3 Å². The van der Waals surface area contributed by atoms with Gasteiger partial charge in [0.1, 0.15) is 17.1 Å². The monoisotopic (exact) mass is 540 g/mol. The predicted octanol–water partition coefficient (Wildman–Crippen LogP) is 4.15. The standard InChI is InChI=1S/C31H36N6O3/c1-20-16-22(8-9-25(20)37-15-10-34(6)30(37)39)24-17-21(2)33-27(28(24)38)23-18-26(29(40-7)32-19-23)35-11-13-36(14-12-35)31(3,4)5/h8-9,16-19,38H,11-14H2,1-7H3. The molecule has 0 amide bonds. The molecule has 1 fully saturated rings. The summed E-state index contributed by atoms with van der Waals surface area (Å²) in [6.07, 6.45) is 7.32. The Morgan fingerprint density at radius 1 is 0.975 bits per heavy atom. The van der Waals surface area contributed by atoms with E-state index in [-0.39, 0.29) is 17.0 Å². The van der Waals surface area contributed by atoms with Gasteiger partial charge in [-0.1, -0.05) is 6.07 Å². The van der Waals surface area contributed by atoms with Gasteiger partial charge >= 0.3 is 5.69 Å². The molecule has 40 heavy (non-hydrogen) atoms. The molecule has 0 aliphatic carbocycles. The van der Waals surface area contributed by atoms with E-state index in [2.05, 4.69) is 47.9 Å². The molecule has 1 N–H and O–H groups in total. The maximum atomic E-state index is 12.4. The summed E-state index contributed by atoms with van der Waals surface area (Å²) in [5, 5.41) is 11.5. The number of aromatic nitrogens is 4. The number of nitrogens with zero attached hydrogens (tertiary/aromatic N) is 6. The van der Waals surface area contributed by atoms with E-state index in [0.717, 1.165) is 48.7 Å². The molecule has 9 heteroatoms. The minimum atomic E-state index is -0.219. The van der Waals surface area contributed by atoms with Gasteiger partial charge in [0, 0.05) is 74.2 Å². The molecule has 1 aliphatic rings. The number of anilines is 1. The Morgan fingerprint density at radius 2 is 1.70 bits per heavy atom. The topological polar surface area (TPSA) is 88.6 Å². The largest absolute Gasteiger partial charge is 0.505 e. The first kappa shape index (κ1) is 27.3. The Morgan fingerprint density at radius 3 is 2.30 bits per heavy atom. The third kappa shape index (κ3) is 5.03. The van der Waals surface area contributed by atoms with Crippen LogP contribution in [0.25, 0.3) is 28.1 Å². The number of ether oxygens (including phenoxy) is 1. The Kier molecular flexibility index (Phi) is 7.06. The van der Waals surface area contributed by atoms with E-state index in [1.807, 2.05) is 44.2 Å². The van der Waals surface area contributed by atoms with Crippen LogP contribution in [-0.4, -0.2) is 67.9 Å². The molecule has 1 aromatic carbocycles. The minimum Gasteiger partial charge on any atom is -0.505 e. The van der Waals surface area contributed by atoms with E-state index in [0.29, 0.717) is 28.4 Å². The van der Waals surface area contributed by atoms with E-state index in [1.165, 1.54) is 9.13 Å². The van der Waals surface area contributed by atoms with Crippen LogP contribution in [0, 0.1) is 26.2 Å². The molecule has 208 valence electrons. The summed E-state index contributed by atoms with van der Waals surface area (Å²) in [5.41, 5.74) is 5.79. The van der Waals surface area contributed by atoms with Gasteiger partial charge in [-0.25, -0.2) is 19.3 Å². The average Bonchev–Trinajstić information content (AvgIpc) is 3.26. The fraction of sp³-hybridized carbons (Fsp3) is 0.387. The van der Waals surface area contributed by atoms with Crippen molar-refractivity contribution in [1.82, 2.24) is 24.0 Å². The molecule has 1 aliphatic heterocycles. The number of aromatic hydroxyl groups is 1. The smallest absolute Gasteiger partial charge is 0.347 e. The lowest BCUT2D eigenvalue weighted by atomic mass is 9.98. The molecular formula is C31H36N6O3. The zero-order valence-electron chi connectivity index (χ0n) is 24.2. The molecule has 0 spiro atoms. The first-order valence-corrected chi connectivity index (χ1v) is 13.4. The summed E-state index contributed by atoms with van der Waals surface area (Å²) in [7, 11) is 3.27. The van der Waals surface area contributed by atoms with Gasteiger partial charge in [-0.15, -0.1) is 0 Å². The molecule has 5 rings (SSSR count). The highest BCUT2D eigenvalue weighted by Crippen LogP contribution is 2.40. The van der Waals surface area contributed by atoms with Crippen molar-refractivity contribution in [2.75, 3.05) is 38.2 Å². The Labute approximate surface area is 235 Å². The molecule has 0 radical (unpaired) electrons. The summed E-state index contributed by atoms with van der Waals surface area (Å²) >= 11 is 0. The zero-order valence-corrected chi connectivity index (χ0v) is 24.2. The van der Waals surface area contributed by atoms with Crippen LogP contribution in [-0.2, 0) is 7.05 Å². The Bertz CT molecular complexity index is 1610. The second-order valence-electron chi connectivity index (χ2n) is 11.3. The van der Waals surface area contributed by atoms with Gasteiger partial charge in [0.15, 0.2) is 0 Å². The second kappa shape index (κ2) is 10.4. The Hall–Kier alpha value is -4.29. The van der Waals surface area contributed by atoms with E-state index in [4.69, 9.17) is 9.72 Å². The summed E-state index contributed by atoms with van der Waals surface area (Å²) < 4.78 is 8.42. The van der Waals surface area contributed by atoms with Crippen LogP contribution in [0.15, 0.2) is 41.3 Å². The molecule has 0 unspecified atom stereocenters. The third-order valence-electron chi connectivity index (χ3n) is 7.55. The van der Waals surface area contributed by atoms with Crippen LogP contribution in [0.4, 0.5) is 5.69 Å². The van der Waals surface area contributed by atoms with Crippen LogP contribution >= 0.6 is 0 Å². The van der Waals surface area contributed by atoms with Crippen molar-refractivity contribution in [3.63, 3.8) is 0 Å². The van der Waals surface area contributed by atoms with Crippen molar-refractivity contribution in [3.8, 4) is 39.7 Å². The van der Waals surface area contributed by atoms with Gasteiger partial charge < -0.3 is 14.7 Å². The predicted molar refractivity (Wildman–Crippen MR) is 156 cm³/mol. The fourth-order valence-corrected chi connectivity index (χ4v) is 5.27. The summed E-state index contributed by atoms with van der Waals surface area (Å²) in [4.78, 5) is 26.5. The lowest BCUT2D eigenvalue weighted by molar-refractivity contribution is 0.128. The number of hydrogen-bond acceptors (Lipinski definition) is 7. The normalized spacial score (nSPS) is 14.3. The zero-order chi connectivity index (χ0) is 28.8. The highest BCUT2D eigenvalue weighted by atomic mass is 16.5. The molecule has 1 saturated heterocycles. The summed E-state index contributed by atoms with van der Waals surface area (Å²) in [5.74, 6) is 0.627. The van der Waals surface area contributed by atoms with Gasteiger partial charge in [0.25, 0.3) is 0 Å². The van der Waals surface area contributed by atoms with Gasteiger partial charge in [-0.05, 0) is 70.0 Å². The number of rotatable bonds is 5. The van der Waals surface area contributed by atoms with Gasteiger partial charge in [-0.3, -0.25) is 9.47 Å². The number of benzene rings is 1. The molecule has 3 aromatic heterocycles. The van der Waals surface area contributed by atoms with Crippen LogP contribution in [0.3, 0.4) is 0 Å². The lowest BCUT2D eigenvalue weighted by Gasteiger charge is -2.43. The molecule has 0 saturated carbocycles. The third-order valence-corrected chi connectivity index (χ3v) is 7.55. The van der Waals surface area contributed by atoms with Crippen molar-refractivity contribution in [3.05, 3.63) is 70.7 Å². The average molecular weight is 541 g/mol. The molecule has 0 atom stereocenters. The maximum absolute atomic E-state index is 12.4. The maximum Gasteiger partial charge on any atom is 0.347 e. The van der Waals surface area contributed by atoms with Crippen LogP contribution in [0.1, 0.15) is 32.0 Å². The van der Waals surface area contributed by atoms with Gasteiger partial charge in [-0.2, -0.15) is 0 Å². The quantitative estimate of drug-likeness (QED) is 0.407. The molecule has 4 heterocycles. The number of pyridine rings is 2. The minimum absolute atomic E-state index is 0.0741. The van der Waals surface area contributed by atoms with Gasteiger partial charge in [0.2, 0.25) is 5.88 Å². The number of hydrogen-bond donors (Lipinski definition) is 1. The molecule has 4 aromatic rings. The van der Waals surface area contributed by atoms with Crippen molar-refractivity contribution in [1.29, 1.82) is 0 Å². The first-order chi connectivity index (χ1) is 19.0. The highest BCUT2D eigenvalue weighted by Gasteiger charge is 2.28. The Balaban J connectivity index is 1.51. The highest BCUT2D eigenvalue weighted by molar-refractivity contribution is 5.82. The van der Waals surface area contributed by atoms with Gasteiger partial charge in [0.05, 0.1) is 12.8 Å². The second-order valence-corrected chi connectivity index (χ2v) is 11.3. The van der Waals surface area contributed by atoms with Crippen LogP contribution in [0.5, 0.6) is 11.6 Å². The van der Waals surface area contributed by atoms with E-state index >= 15 is 0 Å². The molecule has 0 bridgehead atoms. The fourth-order valence-electron chi connectivity index (χ4n) is 5.27. The van der Waals surface area contributed by atoms with E-state index in [9.17, 15) is 9.90 Å². The summed E-state index contributed by atoms with van der Waals surface area (Å²) in [6, 6.07) is 9.57. The first-order valence-electron chi connectivity index (χ1n) is 13.4. The van der Waals surface area contributed by atoms with E-state index in [1.54, 1.807) is 20.4 Å². The van der Waals surface area contributed by atoms with Crippen LogP contribution in [0.2, 0.25) is 0 Å². The SMILES string of the molecule is COc1ncc(-c2nc(C)cc(-c3ccc(-n4c#cn(C)c4=O)c(C)c3)c2O)cc1N1CCN(C(C)(C)C)CC1. The summed E-state index contributed by atoms with van der Waals surface area (Å²) in [6.45, 7) is 14.1. The van der Waals surface area contributed by atoms with Crippen molar-refractivity contribution < 1.29 is 9.84 Å². The molecule has 9 nitrogen and oxygen atoms in total. The van der Waals surface area contributed by atoms with Crippen molar-refractivity contribution in [2.24, 2.45) is 7.05 Å². The van der Waals surface area contributed by atoms with Crippen molar-refractivity contribution >= 4 is 5.69 Å². The number of piperazine rings is 1. The van der Waals surface area contributed by atoms with E-state index < -0.39 is 0 Å². The molecular weight excluding hydrogens is 504 g/mol.